The van der Waals surface area contributed by atoms with Gasteiger partial charge in [0, 0.05) is 7.05 Å². The predicted octanol–water partition coefficient (Wildman–Crippen LogP) is 4.54. The van der Waals surface area contributed by atoms with Gasteiger partial charge in [0.2, 0.25) is 0 Å². The van der Waals surface area contributed by atoms with Crippen molar-refractivity contribution in [2.24, 2.45) is 7.05 Å². The minimum Gasteiger partial charge on any atom is -0.334 e. The molecular formula is C14H26N2. The molecule has 0 saturated carbocycles. The number of nitrogens with zero attached hydrogens (tertiary/aromatic N) is 2. The largest absolute Gasteiger partial charge is 0.334 e. The van der Waals surface area contributed by atoms with E-state index < -0.39 is 0 Å². The van der Waals surface area contributed by atoms with E-state index in [1.165, 1.54) is 0 Å². The first-order chi connectivity index (χ1) is 7.79. The second-order valence-electron chi connectivity index (χ2n) is 2.63. The van der Waals surface area contributed by atoms with Crippen molar-refractivity contribution in [3.05, 3.63) is 29.9 Å². The highest BCUT2D eigenvalue weighted by molar-refractivity contribution is 5.59. The molecular weight excluding hydrogens is 196 g/mol. The van der Waals surface area contributed by atoms with Gasteiger partial charge in [-0.3, -0.25) is 0 Å². The van der Waals surface area contributed by atoms with Crippen LogP contribution < -0.4 is 0 Å². The van der Waals surface area contributed by atoms with E-state index in [9.17, 15) is 0 Å². The molecule has 2 heteroatoms. The van der Waals surface area contributed by atoms with Crippen LogP contribution in [0.1, 0.15) is 52.9 Å². The zero-order valence-corrected chi connectivity index (χ0v) is 11.8. The lowest BCUT2D eigenvalue weighted by Crippen LogP contribution is -1.88. The number of allylic oxidation sites excluding steroid dienone is 2. The van der Waals surface area contributed by atoms with Gasteiger partial charge in [-0.15, -0.1) is 0 Å². The molecule has 0 N–H and O–H groups in total. The summed E-state index contributed by atoms with van der Waals surface area (Å²) in [5.41, 5.74) is 2.17. The van der Waals surface area contributed by atoms with E-state index in [1.807, 2.05) is 77.7 Å². The zero-order chi connectivity index (χ0) is 13.0. The summed E-state index contributed by atoms with van der Waals surface area (Å²) in [6, 6.07) is 0. The Labute approximate surface area is 101 Å². The molecule has 1 aromatic heterocycles. The van der Waals surface area contributed by atoms with Gasteiger partial charge in [0.05, 0.1) is 17.7 Å². The van der Waals surface area contributed by atoms with Crippen molar-refractivity contribution in [1.29, 1.82) is 0 Å². The van der Waals surface area contributed by atoms with E-state index >= 15 is 0 Å². The number of imidazole rings is 1. The van der Waals surface area contributed by atoms with Gasteiger partial charge >= 0.3 is 0 Å². The van der Waals surface area contributed by atoms with Crippen molar-refractivity contribution in [2.75, 3.05) is 0 Å². The van der Waals surface area contributed by atoms with Crippen LogP contribution >= 0.6 is 0 Å². The molecule has 0 radical (unpaired) electrons. The van der Waals surface area contributed by atoms with Crippen LogP contribution in [-0.4, -0.2) is 9.55 Å². The fraction of sp³-hybridized carbons (Fsp3) is 0.500. The second-order valence-corrected chi connectivity index (χ2v) is 2.63. The third-order valence-electron chi connectivity index (χ3n) is 1.66. The second kappa shape index (κ2) is 11.8. The van der Waals surface area contributed by atoms with Gasteiger partial charge in [0.25, 0.3) is 0 Å². The molecule has 1 aromatic rings. The number of aromatic nitrogens is 2. The lowest BCUT2D eigenvalue weighted by molar-refractivity contribution is 0.902. The lowest BCUT2D eigenvalue weighted by atomic mass is 10.3. The Morgan fingerprint density at radius 3 is 1.94 bits per heavy atom. The first-order valence-electron chi connectivity index (χ1n) is 6.06. The lowest BCUT2D eigenvalue weighted by Gasteiger charge is -1.95. The summed E-state index contributed by atoms with van der Waals surface area (Å²) in [4.78, 5) is 4.25. The smallest absolute Gasteiger partial charge is 0.0955 e. The van der Waals surface area contributed by atoms with Crippen LogP contribution in [0.5, 0.6) is 0 Å². The standard InChI is InChI=1S/C10H14N2.2C2H6/c1-4-6-9-10(7-5-2)12(3)8-11-9;2*1-2/h4-8H,1-3H3;2*1-2H3/b6-4-,7-5-;;. The first-order valence-corrected chi connectivity index (χ1v) is 6.06. The van der Waals surface area contributed by atoms with Gasteiger partial charge in [-0.25, -0.2) is 4.98 Å². The molecule has 0 fully saturated rings. The third kappa shape index (κ3) is 5.54. The van der Waals surface area contributed by atoms with E-state index in [-0.39, 0.29) is 0 Å². The molecule has 0 aromatic carbocycles. The number of hydrogen-bond acceptors (Lipinski definition) is 1. The Hall–Kier alpha value is -1.31. The van der Waals surface area contributed by atoms with E-state index in [0.29, 0.717) is 0 Å². The van der Waals surface area contributed by atoms with Crippen LogP contribution in [0.15, 0.2) is 18.5 Å². The minimum atomic E-state index is 1.03. The molecule has 0 atom stereocenters. The summed E-state index contributed by atoms with van der Waals surface area (Å²) >= 11 is 0. The van der Waals surface area contributed by atoms with Crippen LogP contribution in [0.2, 0.25) is 0 Å². The molecule has 0 amide bonds. The van der Waals surface area contributed by atoms with Crippen molar-refractivity contribution in [2.45, 2.75) is 41.5 Å². The number of aryl methyl sites for hydroxylation is 1. The average molecular weight is 222 g/mol. The van der Waals surface area contributed by atoms with Gasteiger partial charge in [0.15, 0.2) is 0 Å². The highest BCUT2D eigenvalue weighted by Gasteiger charge is 2.00. The molecule has 0 aliphatic heterocycles. The molecule has 1 heterocycles. The monoisotopic (exact) mass is 222 g/mol. The summed E-state index contributed by atoms with van der Waals surface area (Å²) in [6.45, 7) is 12.0. The molecule has 0 aliphatic carbocycles. The van der Waals surface area contributed by atoms with E-state index in [2.05, 4.69) is 11.1 Å². The number of hydrogen-bond donors (Lipinski definition) is 0. The quantitative estimate of drug-likeness (QED) is 0.718. The van der Waals surface area contributed by atoms with Crippen LogP contribution in [0.4, 0.5) is 0 Å². The maximum Gasteiger partial charge on any atom is 0.0955 e. The highest BCUT2D eigenvalue weighted by Crippen LogP contribution is 2.09. The normalized spacial score (nSPS) is 9.69. The average Bonchev–Trinajstić information content (AvgIpc) is 2.68. The Kier molecular flexibility index (Phi) is 12.6. The molecule has 0 saturated heterocycles. The summed E-state index contributed by atoms with van der Waals surface area (Å²) in [5.74, 6) is 0. The van der Waals surface area contributed by atoms with Crippen molar-refractivity contribution in [3.8, 4) is 0 Å². The molecule has 0 aliphatic rings. The van der Waals surface area contributed by atoms with Crippen molar-refractivity contribution >= 4 is 12.2 Å². The molecule has 0 bridgehead atoms. The van der Waals surface area contributed by atoms with Crippen LogP contribution in [-0.2, 0) is 7.05 Å². The van der Waals surface area contributed by atoms with Gasteiger partial charge in [-0.05, 0) is 26.0 Å². The topological polar surface area (TPSA) is 17.8 Å². The summed E-state index contributed by atoms with van der Waals surface area (Å²) < 4.78 is 2.01. The summed E-state index contributed by atoms with van der Waals surface area (Å²) in [7, 11) is 2.00. The SMILES string of the molecule is C/C=C\c1ncn(C)c1/C=C\C.CC.CC. The Morgan fingerprint density at radius 1 is 1.00 bits per heavy atom. The van der Waals surface area contributed by atoms with Gasteiger partial charge in [0.1, 0.15) is 0 Å². The number of rotatable bonds is 2. The highest BCUT2D eigenvalue weighted by atomic mass is 15.0. The van der Waals surface area contributed by atoms with Crippen LogP contribution in [0.3, 0.4) is 0 Å². The molecule has 1 rings (SSSR count). The van der Waals surface area contributed by atoms with Crippen molar-refractivity contribution in [1.82, 2.24) is 9.55 Å². The predicted molar refractivity (Wildman–Crippen MR) is 75.3 cm³/mol. The Balaban J connectivity index is 0. The van der Waals surface area contributed by atoms with Gasteiger partial charge < -0.3 is 4.57 Å². The maximum atomic E-state index is 4.25. The van der Waals surface area contributed by atoms with Crippen LogP contribution in [0, 0.1) is 0 Å². The zero-order valence-electron chi connectivity index (χ0n) is 11.8. The Bertz CT molecular complexity index is 307. The van der Waals surface area contributed by atoms with E-state index in [0.717, 1.165) is 11.4 Å². The van der Waals surface area contributed by atoms with Gasteiger partial charge in [-0.2, -0.15) is 0 Å². The van der Waals surface area contributed by atoms with E-state index in [4.69, 9.17) is 0 Å². The van der Waals surface area contributed by atoms with Crippen LogP contribution in [0.25, 0.3) is 12.2 Å². The molecule has 16 heavy (non-hydrogen) atoms. The molecule has 2 nitrogen and oxygen atoms in total. The minimum absolute atomic E-state index is 1.03. The molecule has 0 unspecified atom stereocenters. The first kappa shape index (κ1) is 17.1. The van der Waals surface area contributed by atoms with Crippen molar-refractivity contribution in [3.63, 3.8) is 0 Å². The van der Waals surface area contributed by atoms with Crippen molar-refractivity contribution < 1.29 is 0 Å². The van der Waals surface area contributed by atoms with E-state index in [1.54, 1.807) is 0 Å². The summed E-state index contributed by atoms with van der Waals surface area (Å²) in [5, 5.41) is 0. The fourth-order valence-electron chi connectivity index (χ4n) is 1.10. The fourth-order valence-corrected chi connectivity index (χ4v) is 1.10. The van der Waals surface area contributed by atoms with Gasteiger partial charge in [-0.1, -0.05) is 39.8 Å². The summed E-state index contributed by atoms with van der Waals surface area (Å²) in [6.07, 6.45) is 9.90. The Morgan fingerprint density at radius 2 is 1.50 bits per heavy atom. The third-order valence-corrected chi connectivity index (χ3v) is 1.66. The molecule has 92 valence electrons. The molecule has 0 spiro atoms. The maximum absolute atomic E-state index is 4.25.